The third-order valence-corrected chi connectivity index (χ3v) is 2.94. The van der Waals surface area contributed by atoms with Crippen LogP contribution in [-0.2, 0) is 9.59 Å². The standard InChI is InChI=1S/C12H13ClO4/c1-6-3-4-8(11(15)12(16)17)9(5-6)10(13)7(2)14/h3-5,10-11,15H,1-2H3,(H,16,17). The number of carboxylic acid groups (broad SMARTS) is 1. The molecule has 1 rings (SSSR count). The number of ketones is 1. The first-order valence-electron chi connectivity index (χ1n) is 5.00. The van der Waals surface area contributed by atoms with Crippen LogP contribution in [0.25, 0.3) is 0 Å². The van der Waals surface area contributed by atoms with Crippen LogP contribution in [0.5, 0.6) is 0 Å². The maximum atomic E-state index is 11.2. The second-order valence-corrected chi connectivity index (χ2v) is 4.28. The zero-order valence-electron chi connectivity index (χ0n) is 9.48. The van der Waals surface area contributed by atoms with Gasteiger partial charge in [0.05, 0.1) is 0 Å². The van der Waals surface area contributed by atoms with E-state index >= 15 is 0 Å². The summed E-state index contributed by atoms with van der Waals surface area (Å²) < 4.78 is 0. The van der Waals surface area contributed by atoms with Crippen molar-refractivity contribution in [1.82, 2.24) is 0 Å². The highest BCUT2D eigenvalue weighted by atomic mass is 35.5. The molecule has 0 aliphatic carbocycles. The number of carbonyl (C=O) groups is 2. The van der Waals surface area contributed by atoms with Crippen LogP contribution in [0, 0.1) is 6.92 Å². The normalized spacial score (nSPS) is 14.1. The predicted octanol–water partition coefficient (Wildman–Crippen LogP) is 1.98. The van der Waals surface area contributed by atoms with E-state index in [1.807, 2.05) is 0 Å². The molecular formula is C12H13ClO4. The Bertz CT molecular complexity index is 456. The summed E-state index contributed by atoms with van der Waals surface area (Å²) in [5, 5.41) is 17.4. The molecule has 0 spiro atoms. The van der Waals surface area contributed by atoms with Crippen LogP contribution in [0.1, 0.15) is 35.1 Å². The molecule has 2 atom stereocenters. The fourth-order valence-electron chi connectivity index (χ4n) is 1.51. The Balaban J connectivity index is 3.30. The van der Waals surface area contributed by atoms with Crippen molar-refractivity contribution in [2.24, 2.45) is 0 Å². The fraction of sp³-hybridized carbons (Fsp3) is 0.333. The molecule has 0 aliphatic heterocycles. The molecule has 0 fully saturated rings. The van der Waals surface area contributed by atoms with Gasteiger partial charge in [0.15, 0.2) is 11.9 Å². The van der Waals surface area contributed by atoms with Crippen molar-refractivity contribution >= 4 is 23.4 Å². The maximum Gasteiger partial charge on any atom is 0.337 e. The number of hydrogen-bond acceptors (Lipinski definition) is 3. The topological polar surface area (TPSA) is 74.6 Å². The molecule has 17 heavy (non-hydrogen) atoms. The Morgan fingerprint density at radius 1 is 1.29 bits per heavy atom. The molecule has 0 heterocycles. The van der Waals surface area contributed by atoms with Crippen molar-refractivity contribution in [3.05, 3.63) is 34.9 Å². The lowest BCUT2D eigenvalue weighted by molar-refractivity contribution is -0.147. The van der Waals surface area contributed by atoms with E-state index in [0.717, 1.165) is 5.56 Å². The van der Waals surface area contributed by atoms with Crippen LogP contribution in [0.2, 0.25) is 0 Å². The van der Waals surface area contributed by atoms with Crippen molar-refractivity contribution in [2.45, 2.75) is 25.3 Å². The van der Waals surface area contributed by atoms with Crippen LogP contribution in [-0.4, -0.2) is 22.0 Å². The molecule has 2 unspecified atom stereocenters. The fourth-order valence-corrected chi connectivity index (χ4v) is 1.70. The summed E-state index contributed by atoms with van der Waals surface area (Å²) >= 11 is 5.91. The highest BCUT2D eigenvalue weighted by Crippen LogP contribution is 2.30. The van der Waals surface area contributed by atoms with E-state index < -0.39 is 17.5 Å². The minimum Gasteiger partial charge on any atom is -0.479 e. The van der Waals surface area contributed by atoms with Gasteiger partial charge in [-0.1, -0.05) is 23.8 Å². The molecule has 0 aromatic heterocycles. The number of carboxylic acids is 1. The molecule has 2 N–H and O–H groups in total. The molecular weight excluding hydrogens is 244 g/mol. The van der Waals surface area contributed by atoms with E-state index in [4.69, 9.17) is 16.7 Å². The first-order chi connectivity index (χ1) is 7.84. The molecule has 0 bridgehead atoms. The lowest BCUT2D eigenvalue weighted by atomic mass is 9.96. The number of hydrogen-bond donors (Lipinski definition) is 2. The van der Waals surface area contributed by atoms with Gasteiger partial charge >= 0.3 is 5.97 Å². The number of rotatable bonds is 4. The van der Waals surface area contributed by atoms with Crippen molar-refractivity contribution in [3.63, 3.8) is 0 Å². The third kappa shape index (κ3) is 3.05. The van der Waals surface area contributed by atoms with Gasteiger partial charge in [-0.15, -0.1) is 11.6 Å². The summed E-state index contributed by atoms with van der Waals surface area (Å²) in [5.74, 6) is -1.67. The summed E-state index contributed by atoms with van der Waals surface area (Å²) in [7, 11) is 0. The lowest BCUT2D eigenvalue weighted by Crippen LogP contribution is -2.15. The summed E-state index contributed by atoms with van der Waals surface area (Å²) in [4.78, 5) is 22.0. The first kappa shape index (κ1) is 13.7. The minimum atomic E-state index is -1.67. The molecule has 0 amide bonds. The largest absolute Gasteiger partial charge is 0.479 e. The molecule has 92 valence electrons. The summed E-state index contributed by atoms with van der Waals surface area (Å²) in [5.41, 5.74) is 1.33. The van der Waals surface area contributed by atoms with E-state index in [0.29, 0.717) is 5.56 Å². The average molecular weight is 257 g/mol. The van der Waals surface area contributed by atoms with Gasteiger partial charge in [0.1, 0.15) is 5.38 Å². The molecule has 0 saturated heterocycles. The number of carbonyl (C=O) groups excluding carboxylic acids is 1. The second-order valence-electron chi connectivity index (χ2n) is 3.85. The summed E-state index contributed by atoms with van der Waals surface area (Å²) in [6.07, 6.45) is -1.67. The number of aliphatic hydroxyl groups is 1. The highest BCUT2D eigenvalue weighted by molar-refractivity contribution is 6.31. The average Bonchev–Trinajstić information content (AvgIpc) is 2.26. The zero-order chi connectivity index (χ0) is 13.2. The Morgan fingerprint density at radius 3 is 2.35 bits per heavy atom. The number of aliphatic carboxylic acids is 1. The van der Waals surface area contributed by atoms with E-state index in [1.54, 1.807) is 19.1 Å². The van der Waals surface area contributed by atoms with Gasteiger partial charge in [-0.05, 0) is 25.0 Å². The van der Waals surface area contributed by atoms with Gasteiger partial charge in [0, 0.05) is 0 Å². The maximum absolute atomic E-state index is 11.2. The van der Waals surface area contributed by atoms with Gasteiger partial charge in [0.25, 0.3) is 0 Å². The first-order valence-corrected chi connectivity index (χ1v) is 5.44. The number of halogens is 1. The Morgan fingerprint density at radius 2 is 1.88 bits per heavy atom. The smallest absolute Gasteiger partial charge is 0.337 e. The van der Waals surface area contributed by atoms with E-state index in [-0.39, 0.29) is 11.3 Å². The van der Waals surface area contributed by atoms with Crippen LogP contribution in [0.4, 0.5) is 0 Å². The Labute approximate surface area is 104 Å². The SMILES string of the molecule is CC(=O)C(Cl)c1cc(C)ccc1C(O)C(=O)O. The lowest BCUT2D eigenvalue weighted by Gasteiger charge is -2.15. The second kappa shape index (κ2) is 5.29. The molecule has 0 radical (unpaired) electrons. The zero-order valence-corrected chi connectivity index (χ0v) is 10.2. The Kier molecular flexibility index (Phi) is 4.26. The minimum absolute atomic E-state index is 0.151. The molecule has 1 aromatic rings. The molecule has 1 aromatic carbocycles. The number of aryl methyl sites for hydroxylation is 1. The van der Waals surface area contributed by atoms with Gasteiger partial charge < -0.3 is 10.2 Å². The monoisotopic (exact) mass is 256 g/mol. The van der Waals surface area contributed by atoms with Crippen molar-refractivity contribution in [1.29, 1.82) is 0 Å². The van der Waals surface area contributed by atoms with Gasteiger partial charge in [-0.25, -0.2) is 4.79 Å². The van der Waals surface area contributed by atoms with Crippen LogP contribution < -0.4 is 0 Å². The van der Waals surface area contributed by atoms with Crippen molar-refractivity contribution in [2.75, 3.05) is 0 Å². The number of Topliss-reactive ketones (excluding diaryl/α,β-unsaturated/α-hetero) is 1. The highest BCUT2D eigenvalue weighted by Gasteiger charge is 2.24. The van der Waals surface area contributed by atoms with Crippen LogP contribution in [0.15, 0.2) is 18.2 Å². The number of aliphatic hydroxyl groups excluding tert-OH is 1. The third-order valence-electron chi connectivity index (χ3n) is 2.40. The Hall–Kier alpha value is -1.39. The van der Waals surface area contributed by atoms with E-state index in [1.165, 1.54) is 13.0 Å². The summed E-state index contributed by atoms with van der Waals surface area (Å²) in [6.45, 7) is 3.11. The molecule has 5 heteroatoms. The molecule has 0 saturated carbocycles. The summed E-state index contributed by atoms with van der Waals surface area (Å²) in [6, 6.07) is 4.75. The number of benzene rings is 1. The van der Waals surface area contributed by atoms with Crippen molar-refractivity contribution < 1.29 is 19.8 Å². The van der Waals surface area contributed by atoms with Crippen LogP contribution >= 0.6 is 11.6 Å². The molecule has 0 aliphatic rings. The number of alkyl halides is 1. The quantitative estimate of drug-likeness (QED) is 0.808. The molecule has 4 nitrogen and oxygen atoms in total. The van der Waals surface area contributed by atoms with Crippen LogP contribution in [0.3, 0.4) is 0 Å². The van der Waals surface area contributed by atoms with E-state index in [9.17, 15) is 14.7 Å². The van der Waals surface area contributed by atoms with Gasteiger partial charge in [-0.3, -0.25) is 4.79 Å². The predicted molar refractivity (Wildman–Crippen MR) is 63.0 cm³/mol. The van der Waals surface area contributed by atoms with Gasteiger partial charge in [-0.2, -0.15) is 0 Å². The van der Waals surface area contributed by atoms with Crippen molar-refractivity contribution in [3.8, 4) is 0 Å². The van der Waals surface area contributed by atoms with E-state index in [2.05, 4.69) is 0 Å². The van der Waals surface area contributed by atoms with Gasteiger partial charge in [0.2, 0.25) is 0 Å².